The Bertz CT molecular complexity index is 564. The van der Waals surface area contributed by atoms with Crippen molar-refractivity contribution in [2.75, 3.05) is 0 Å². The lowest BCUT2D eigenvalue weighted by atomic mass is 10.2. The van der Waals surface area contributed by atoms with Gasteiger partial charge in [-0.3, -0.25) is 0 Å². The predicted molar refractivity (Wildman–Crippen MR) is 59.3 cm³/mol. The molecule has 0 bridgehead atoms. The van der Waals surface area contributed by atoms with Gasteiger partial charge in [-0.1, -0.05) is 11.6 Å². The molecular weight excluding hydrogens is 269 g/mol. The monoisotopic (exact) mass is 276 g/mol. The molecule has 0 atom stereocenters. The van der Waals surface area contributed by atoms with Gasteiger partial charge in [0.05, 0.1) is 16.8 Å². The Hall–Kier alpha value is -1.60. The fourth-order valence-corrected chi connectivity index (χ4v) is 1.65. The van der Waals surface area contributed by atoms with E-state index in [1.807, 2.05) is 0 Å². The molecule has 0 radical (unpaired) electrons. The molecule has 2 N–H and O–H groups in total. The molecule has 0 aromatic carbocycles. The highest BCUT2D eigenvalue weighted by molar-refractivity contribution is 6.32. The minimum Gasteiger partial charge on any atom is -0.326 e. The van der Waals surface area contributed by atoms with Crippen molar-refractivity contribution in [1.29, 1.82) is 0 Å². The average Bonchev–Trinajstić information content (AvgIpc) is 2.78. The topological polar surface area (TPSA) is 56.7 Å². The molecule has 2 aromatic heterocycles. The first-order valence-electron chi connectivity index (χ1n) is 4.89. The van der Waals surface area contributed by atoms with Crippen molar-refractivity contribution in [3.63, 3.8) is 0 Å². The van der Waals surface area contributed by atoms with E-state index in [1.54, 1.807) is 6.07 Å². The first kappa shape index (κ1) is 12.8. The van der Waals surface area contributed by atoms with E-state index in [-0.39, 0.29) is 17.4 Å². The number of halogens is 4. The Morgan fingerprint density at radius 3 is 2.67 bits per heavy atom. The van der Waals surface area contributed by atoms with E-state index in [2.05, 4.69) is 10.1 Å². The summed E-state index contributed by atoms with van der Waals surface area (Å²) in [5.41, 5.74) is 5.18. The largest absolute Gasteiger partial charge is 0.419 e. The second-order valence-corrected chi connectivity index (χ2v) is 3.86. The Kier molecular flexibility index (Phi) is 3.27. The smallest absolute Gasteiger partial charge is 0.326 e. The lowest BCUT2D eigenvalue weighted by Gasteiger charge is -2.06. The molecule has 2 aromatic rings. The van der Waals surface area contributed by atoms with Crippen LogP contribution in [0.5, 0.6) is 0 Å². The number of nitrogens with two attached hydrogens (primary N) is 1. The summed E-state index contributed by atoms with van der Waals surface area (Å²) in [5, 5.41) is 3.79. The van der Waals surface area contributed by atoms with E-state index < -0.39 is 11.7 Å². The fraction of sp³-hybridized carbons (Fsp3) is 0.200. The molecule has 0 fully saturated rings. The summed E-state index contributed by atoms with van der Waals surface area (Å²) in [7, 11) is 0. The van der Waals surface area contributed by atoms with Crippen LogP contribution in [0.4, 0.5) is 13.2 Å². The number of nitrogens with zero attached hydrogens (tertiary/aromatic N) is 3. The second-order valence-electron chi connectivity index (χ2n) is 3.48. The molecule has 8 heteroatoms. The molecule has 0 unspecified atom stereocenters. The van der Waals surface area contributed by atoms with Gasteiger partial charge in [-0.15, -0.1) is 0 Å². The van der Waals surface area contributed by atoms with Gasteiger partial charge in [0, 0.05) is 18.9 Å². The summed E-state index contributed by atoms with van der Waals surface area (Å²) in [6, 6.07) is 1.60. The highest BCUT2D eigenvalue weighted by atomic mass is 35.5. The minimum atomic E-state index is -4.45. The van der Waals surface area contributed by atoms with E-state index in [0.717, 1.165) is 10.9 Å². The summed E-state index contributed by atoms with van der Waals surface area (Å²) >= 11 is 5.98. The zero-order valence-electron chi connectivity index (χ0n) is 8.95. The molecular formula is C10H8ClF3N4. The second kappa shape index (κ2) is 4.58. The van der Waals surface area contributed by atoms with Crippen LogP contribution in [0.1, 0.15) is 11.1 Å². The Balaban J connectivity index is 2.47. The highest BCUT2D eigenvalue weighted by Gasteiger charge is 2.32. The summed E-state index contributed by atoms with van der Waals surface area (Å²) in [6.45, 7) is 0.168. The average molecular weight is 277 g/mol. The minimum absolute atomic E-state index is 0.120. The van der Waals surface area contributed by atoms with Crippen LogP contribution in [0.25, 0.3) is 5.82 Å². The highest BCUT2D eigenvalue weighted by Crippen LogP contribution is 2.30. The molecule has 2 rings (SSSR count). The van der Waals surface area contributed by atoms with Crippen LogP contribution in [-0.2, 0) is 12.7 Å². The zero-order chi connectivity index (χ0) is 13.3. The SMILES string of the molecule is NCc1ccnc(-n2cc(C(F)(F)F)cn2)c1Cl. The molecule has 0 aliphatic heterocycles. The van der Waals surface area contributed by atoms with Gasteiger partial charge in [-0.2, -0.15) is 18.3 Å². The third-order valence-corrected chi connectivity index (χ3v) is 2.71. The molecule has 96 valence electrons. The van der Waals surface area contributed by atoms with Crippen LogP contribution in [0, 0.1) is 0 Å². The van der Waals surface area contributed by atoms with Gasteiger partial charge in [-0.05, 0) is 11.6 Å². The molecule has 0 saturated carbocycles. The van der Waals surface area contributed by atoms with Gasteiger partial charge in [0.25, 0.3) is 0 Å². The van der Waals surface area contributed by atoms with Gasteiger partial charge < -0.3 is 5.73 Å². The van der Waals surface area contributed by atoms with Crippen molar-refractivity contribution in [3.8, 4) is 5.82 Å². The van der Waals surface area contributed by atoms with E-state index in [9.17, 15) is 13.2 Å². The number of pyridine rings is 1. The van der Waals surface area contributed by atoms with E-state index in [0.29, 0.717) is 11.8 Å². The van der Waals surface area contributed by atoms with Gasteiger partial charge in [-0.25, -0.2) is 9.67 Å². The van der Waals surface area contributed by atoms with Crippen LogP contribution in [0.2, 0.25) is 5.02 Å². The fourth-order valence-electron chi connectivity index (χ4n) is 1.37. The first-order valence-corrected chi connectivity index (χ1v) is 5.27. The van der Waals surface area contributed by atoms with Crippen LogP contribution >= 0.6 is 11.6 Å². The molecule has 0 spiro atoms. The molecule has 0 aliphatic carbocycles. The summed E-state index contributed by atoms with van der Waals surface area (Å²) in [4.78, 5) is 3.90. The number of rotatable bonds is 2. The maximum absolute atomic E-state index is 12.4. The number of hydrogen-bond donors (Lipinski definition) is 1. The standard InChI is InChI=1S/C10H8ClF3N4/c11-8-6(3-15)1-2-16-9(8)18-5-7(4-17-18)10(12,13)14/h1-2,4-5H,3,15H2. The van der Waals surface area contributed by atoms with Gasteiger partial charge >= 0.3 is 6.18 Å². The van der Waals surface area contributed by atoms with E-state index >= 15 is 0 Å². The van der Waals surface area contributed by atoms with Crippen molar-refractivity contribution in [3.05, 3.63) is 40.8 Å². The predicted octanol–water partition coefficient (Wildman–Crippen LogP) is 2.40. The van der Waals surface area contributed by atoms with Crippen molar-refractivity contribution in [1.82, 2.24) is 14.8 Å². The molecule has 0 aliphatic rings. The maximum Gasteiger partial charge on any atom is 0.419 e. The Morgan fingerprint density at radius 2 is 2.11 bits per heavy atom. The molecule has 18 heavy (non-hydrogen) atoms. The van der Waals surface area contributed by atoms with Crippen LogP contribution in [0.3, 0.4) is 0 Å². The van der Waals surface area contributed by atoms with Crippen molar-refractivity contribution in [2.24, 2.45) is 5.73 Å². The summed E-state index contributed by atoms with van der Waals surface area (Å²) in [6.07, 6.45) is -1.49. The number of hydrogen-bond acceptors (Lipinski definition) is 3. The third-order valence-electron chi connectivity index (χ3n) is 2.30. The van der Waals surface area contributed by atoms with E-state index in [4.69, 9.17) is 17.3 Å². The maximum atomic E-state index is 12.4. The summed E-state index contributed by atoms with van der Waals surface area (Å²) in [5.74, 6) is 0.120. The molecule has 0 saturated heterocycles. The zero-order valence-corrected chi connectivity index (χ0v) is 9.70. The molecule has 0 amide bonds. The van der Waals surface area contributed by atoms with Crippen LogP contribution in [0.15, 0.2) is 24.7 Å². The molecule has 4 nitrogen and oxygen atoms in total. The van der Waals surface area contributed by atoms with Crippen LogP contribution in [-0.4, -0.2) is 14.8 Å². The first-order chi connectivity index (χ1) is 8.43. The lowest BCUT2D eigenvalue weighted by molar-refractivity contribution is -0.137. The van der Waals surface area contributed by atoms with Crippen LogP contribution < -0.4 is 5.73 Å². The quantitative estimate of drug-likeness (QED) is 0.916. The lowest BCUT2D eigenvalue weighted by Crippen LogP contribution is -2.05. The summed E-state index contributed by atoms with van der Waals surface area (Å²) < 4.78 is 38.3. The Labute approximate surface area is 105 Å². The van der Waals surface area contributed by atoms with Gasteiger partial charge in [0.2, 0.25) is 0 Å². The van der Waals surface area contributed by atoms with Crippen molar-refractivity contribution in [2.45, 2.75) is 12.7 Å². The molecule has 2 heterocycles. The third kappa shape index (κ3) is 2.32. The Morgan fingerprint density at radius 1 is 1.39 bits per heavy atom. The van der Waals surface area contributed by atoms with Gasteiger partial charge in [0.15, 0.2) is 5.82 Å². The number of alkyl halides is 3. The number of aromatic nitrogens is 3. The normalized spacial score (nSPS) is 11.8. The van der Waals surface area contributed by atoms with Crippen molar-refractivity contribution < 1.29 is 13.2 Å². The van der Waals surface area contributed by atoms with Gasteiger partial charge in [0.1, 0.15) is 0 Å². The van der Waals surface area contributed by atoms with E-state index in [1.165, 1.54) is 6.20 Å². The van der Waals surface area contributed by atoms with Crippen molar-refractivity contribution >= 4 is 11.6 Å².